The molecule has 0 amide bonds. The summed E-state index contributed by atoms with van der Waals surface area (Å²) in [5.41, 5.74) is 0. The number of hydrogen-bond donors (Lipinski definition) is 1. The van der Waals surface area contributed by atoms with E-state index in [1.54, 1.807) is 0 Å². The highest BCUT2D eigenvalue weighted by Gasteiger charge is 2.46. The number of aliphatic hydroxyl groups excluding tert-OH is 1. The summed E-state index contributed by atoms with van der Waals surface area (Å²) in [4.78, 5) is 22.1. The van der Waals surface area contributed by atoms with E-state index in [4.69, 9.17) is 14.2 Å². The summed E-state index contributed by atoms with van der Waals surface area (Å²) >= 11 is 0. The summed E-state index contributed by atoms with van der Waals surface area (Å²) in [5, 5.41) is 9.83. The summed E-state index contributed by atoms with van der Waals surface area (Å²) in [6, 6.07) is 0. The van der Waals surface area contributed by atoms with E-state index in [0.717, 1.165) is 0 Å². The first-order valence-corrected chi connectivity index (χ1v) is 6.04. The highest BCUT2D eigenvalue weighted by atomic mass is 16.7. The van der Waals surface area contributed by atoms with E-state index in [-0.39, 0.29) is 12.0 Å². The molecule has 18 heavy (non-hydrogen) atoms. The van der Waals surface area contributed by atoms with Gasteiger partial charge in [-0.3, -0.25) is 9.59 Å². The first-order chi connectivity index (χ1) is 8.36. The second-order valence-electron chi connectivity index (χ2n) is 4.48. The fourth-order valence-corrected chi connectivity index (χ4v) is 2.20. The molecule has 0 aliphatic carbocycles. The molecule has 1 heterocycles. The number of hydrogen-bond acceptors (Lipinski definition) is 6. The van der Waals surface area contributed by atoms with E-state index in [2.05, 4.69) is 0 Å². The van der Waals surface area contributed by atoms with Gasteiger partial charge in [-0.2, -0.15) is 0 Å². The third-order valence-electron chi connectivity index (χ3n) is 3.03. The topological polar surface area (TPSA) is 82.1 Å². The van der Waals surface area contributed by atoms with Crippen LogP contribution in [-0.2, 0) is 23.8 Å². The van der Waals surface area contributed by atoms with Crippen molar-refractivity contribution in [2.45, 2.75) is 58.7 Å². The molecule has 1 aliphatic heterocycles. The summed E-state index contributed by atoms with van der Waals surface area (Å²) in [6.45, 7) is 6.25. The van der Waals surface area contributed by atoms with E-state index in [9.17, 15) is 14.7 Å². The number of esters is 2. The number of carbonyl (C=O) groups excluding carboxylic acids is 2. The minimum Gasteiger partial charge on any atom is -0.458 e. The molecule has 0 aromatic rings. The van der Waals surface area contributed by atoms with Crippen molar-refractivity contribution in [2.24, 2.45) is 5.92 Å². The molecule has 0 saturated carbocycles. The zero-order chi connectivity index (χ0) is 13.9. The summed E-state index contributed by atoms with van der Waals surface area (Å²) in [6.07, 6.45) is -2.53. The maximum atomic E-state index is 11.1. The predicted molar refractivity (Wildman–Crippen MR) is 61.4 cm³/mol. The van der Waals surface area contributed by atoms with Crippen LogP contribution in [0.5, 0.6) is 0 Å². The van der Waals surface area contributed by atoms with E-state index < -0.39 is 30.4 Å². The smallest absolute Gasteiger partial charge is 0.303 e. The third-order valence-corrected chi connectivity index (χ3v) is 3.03. The van der Waals surface area contributed by atoms with Gasteiger partial charge in [-0.15, -0.1) is 0 Å². The van der Waals surface area contributed by atoms with Crippen LogP contribution in [0.1, 0.15) is 34.1 Å². The quantitative estimate of drug-likeness (QED) is 0.749. The molecule has 6 nitrogen and oxygen atoms in total. The Hall–Kier alpha value is -1.14. The minimum atomic E-state index is -1.28. The van der Waals surface area contributed by atoms with Crippen LogP contribution in [0.25, 0.3) is 0 Å². The standard InChI is InChI=1S/C12H20O6/c1-5-9-6(2)10(16-7(3)13)11(12(15)18-9)17-8(4)14/h6,9-12,15H,5H2,1-4H3/t6-,9-,10+,11-,12-/m1/s1. The van der Waals surface area contributed by atoms with E-state index in [1.165, 1.54) is 13.8 Å². The molecular formula is C12H20O6. The van der Waals surface area contributed by atoms with Crippen molar-refractivity contribution >= 4 is 11.9 Å². The molecule has 104 valence electrons. The molecule has 1 saturated heterocycles. The fraction of sp³-hybridized carbons (Fsp3) is 0.833. The van der Waals surface area contributed by atoms with Gasteiger partial charge in [0.05, 0.1) is 6.10 Å². The Balaban J connectivity index is 2.89. The van der Waals surface area contributed by atoms with Crippen molar-refractivity contribution in [1.82, 2.24) is 0 Å². The maximum Gasteiger partial charge on any atom is 0.303 e. The van der Waals surface area contributed by atoms with Crippen LogP contribution in [0.15, 0.2) is 0 Å². The highest BCUT2D eigenvalue weighted by molar-refractivity contribution is 5.67. The lowest BCUT2D eigenvalue weighted by Gasteiger charge is -2.42. The Morgan fingerprint density at radius 2 is 1.67 bits per heavy atom. The van der Waals surface area contributed by atoms with Gasteiger partial charge in [0.2, 0.25) is 0 Å². The predicted octanol–water partition coefficient (Wildman–Crippen LogP) is 0.613. The van der Waals surface area contributed by atoms with Gasteiger partial charge in [0.15, 0.2) is 12.4 Å². The summed E-state index contributed by atoms with van der Waals surface area (Å²) < 4.78 is 15.5. The highest BCUT2D eigenvalue weighted by Crippen LogP contribution is 2.30. The van der Waals surface area contributed by atoms with Crippen LogP contribution in [0.4, 0.5) is 0 Å². The van der Waals surface area contributed by atoms with Gasteiger partial charge in [0, 0.05) is 19.8 Å². The Morgan fingerprint density at radius 1 is 1.17 bits per heavy atom. The first kappa shape index (κ1) is 14.9. The zero-order valence-corrected chi connectivity index (χ0v) is 11.1. The van der Waals surface area contributed by atoms with Crippen LogP contribution in [0, 0.1) is 5.92 Å². The minimum absolute atomic E-state index is 0.161. The molecule has 1 N–H and O–H groups in total. The molecule has 1 rings (SSSR count). The van der Waals surface area contributed by atoms with Gasteiger partial charge in [0.1, 0.15) is 6.10 Å². The van der Waals surface area contributed by atoms with Gasteiger partial charge in [-0.1, -0.05) is 13.8 Å². The SMILES string of the molecule is CC[C@H]1O[C@@H](O)[C@H](OC(C)=O)[C@@H](OC(C)=O)[C@@H]1C. The molecule has 1 fully saturated rings. The molecule has 5 atom stereocenters. The normalized spacial score (nSPS) is 35.9. The van der Waals surface area contributed by atoms with Crippen molar-refractivity contribution in [2.75, 3.05) is 0 Å². The van der Waals surface area contributed by atoms with Crippen LogP contribution in [-0.4, -0.2) is 41.6 Å². The van der Waals surface area contributed by atoms with Crippen molar-refractivity contribution in [1.29, 1.82) is 0 Å². The molecule has 0 radical (unpaired) electrons. The molecule has 0 bridgehead atoms. The van der Waals surface area contributed by atoms with Crippen LogP contribution in [0.3, 0.4) is 0 Å². The second-order valence-corrected chi connectivity index (χ2v) is 4.48. The molecular weight excluding hydrogens is 240 g/mol. The summed E-state index contributed by atoms with van der Waals surface area (Å²) in [7, 11) is 0. The molecule has 1 aliphatic rings. The molecule has 6 heteroatoms. The van der Waals surface area contributed by atoms with Gasteiger partial charge >= 0.3 is 11.9 Å². The van der Waals surface area contributed by atoms with Crippen molar-refractivity contribution in [3.63, 3.8) is 0 Å². The van der Waals surface area contributed by atoms with E-state index in [0.29, 0.717) is 6.42 Å². The Bertz CT molecular complexity index is 316. The molecule has 0 aromatic carbocycles. The lowest BCUT2D eigenvalue weighted by molar-refractivity contribution is -0.275. The second kappa shape index (κ2) is 6.15. The lowest BCUT2D eigenvalue weighted by Crippen LogP contribution is -2.56. The zero-order valence-electron chi connectivity index (χ0n) is 11.1. The average Bonchev–Trinajstić information content (AvgIpc) is 2.27. The van der Waals surface area contributed by atoms with Gasteiger partial charge in [-0.05, 0) is 6.42 Å². The molecule has 0 spiro atoms. The van der Waals surface area contributed by atoms with Gasteiger partial charge in [0.25, 0.3) is 0 Å². The maximum absolute atomic E-state index is 11.1. The monoisotopic (exact) mass is 260 g/mol. The van der Waals surface area contributed by atoms with Gasteiger partial charge < -0.3 is 19.3 Å². The average molecular weight is 260 g/mol. The Morgan fingerprint density at radius 3 is 2.11 bits per heavy atom. The third kappa shape index (κ3) is 3.43. The fourth-order valence-electron chi connectivity index (χ4n) is 2.20. The van der Waals surface area contributed by atoms with Crippen LogP contribution >= 0.6 is 0 Å². The first-order valence-electron chi connectivity index (χ1n) is 6.04. The number of rotatable bonds is 3. The number of aliphatic hydroxyl groups is 1. The largest absolute Gasteiger partial charge is 0.458 e. The number of carbonyl (C=O) groups is 2. The van der Waals surface area contributed by atoms with Crippen molar-refractivity contribution in [3.8, 4) is 0 Å². The lowest BCUT2D eigenvalue weighted by atomic mass is 9.89. The number of ether oxygens (including phenoxy) is 3. The Labute approximate surface area is 106 Å². The van der Waals surface area contributed by atoms with Crippen molar-refractivity contribution < 1.29 is 28.9 Å². The van der Waals surface area contributed by atoms with Crippen molar-refractivity contribution in [3.05, 3.63) is 0 Å². The van der Waals surface area contributed by atoms with Crippen LogP contribution in [0.2, 0.25) is 0 Å². The Kier molecular flexibility index (Phi) is 5.10. The molecule has 0 unspecified atom stereocenters. The van der Waals surface area contributed by atoms with E-state index in [1.807, 2.05) is 13.8 Å². The molecule has 0 aromatic heterocycles. The van der Waals surface area contributed by atoms with Gasteiger partial charge in [-0.25, -0.2) is 0 Å². The van der Waals surface area contributed by atoms with E-state index >= 15 is 0 Å². The summed E-state index contributed by atoms with van der Waals surface area (Å²) in [5.74, 6) is -1.19. The van der Waals surface area contributed by atoms with Crippen LogP contribution < -0.4 is 0 Å².